The van der Waals surface area contributed by atoms with Gasteiger partial charge in [0.1, 0.15) is 13.2 Å². The maximum Gasteiger partial charge on any atom is 0.240 e. The number of fused-ring (bicyclic) bond motifs is 3. The van der Waals surface area contributed by atoms with Crippen molar-refractivity contribution in [3.05, 3.63) is 65.7 Å². The Kier molecular flexibility index (Phi) is 7.12. The highest BCUT2D eigenvalue weighted by Crippen LogP contribution is 2.29. The van der Waals surface area contributed by atoms with Crippen LogP contribution in [0.1, 0.15) is 22.9 Å². The second kappa shape index (κ2) is 10.8. The van der Waals surface area contributed by atoms with Gasteiger partial charge in [0.05, 0.1) is 18.9 Å². The standard InChI is InChI=1S/C25H26N6O5/c1-32-12-17(13-33-2)16-8-9-18(26-11-16)14-35-25-21-7-5-4-6-20(21)23-27-28-24(31(23)29-25)22-10-19(15-34-3)36-30-22/h4-11,17H,12-15H2,1-3H3. The van der Waals surface area contributed by atoms with Gasteiger partial charge in [-0.25, -0.2) is 0 Å². The first-order valence-electron chi connectivity index (χ1n) is 11.4. The van der Waals surface area contributed by atoms with Gasteiger partial charge in [0.25, 0.3) is 0 Å². The Bertz CT molecular complexity index is 1440. The van der Waals surface area contributed by atoms with Crippen LogP contribution in [-0.4, -0.2) is 64.5 Å². The summed E-state index contributed by atoms with van der Waals surface area (Å²) in [5.41, 5.74) is 2.90. The number of aromatic nitrogens is 6. The molecule has 5 rings (SSSR count). The molecule has 5 aromatic rings. The quantitative estimate of drug-likeness (QED) is 0.272. The number of rotatable bonds is 11. The SMILES string of the molecule is COCc1cc(-c2nnc3c4ccccc4c(OCc4ccc(C(COC)COC)cn4)nn23)no1. The summed E-state index contributed by atoms with van der Waals surface area (Å²) in [6.07, 6.45) is 1.83. The second-order valence-electron chi connectivity index (χ2n) is 8.20. The van der Waals surface area contributed by atoms with E-state index in [1.807, 2.05) is 42.6 Å². The van der Waals surface area contributed by atoms with E-state index >= 15 is 0 Å². The Balaban J connectivity index is 1.44. The highest BCUT2D eigenvalue weighted by atomic mass is 16.5. The fourth-order valence-electron chi connectivity index (χ4n) is 3.99. The lowest BCUT2D eigenvalue weighted by atomic mass is 10.0. The van der Waals surface area contributed by atoms with E-state index in [4.69, 9.17) is 28.6 Å². The summed E-state index contributed by atoms with van der Waals surface area (Å²) >= 11 is 0. The van der Waals surface area contributed by atoms with Crippen LogP contribution in [-0.2, 0) is 27.4 Å². The van der Waals surface area contributed by atoms with E-state index in [1.54, 1.807) is 31.9 Å². The molecule has 0 amide bonds. The average molecular weight is 491 g/mol. The first-order valence-corrected chi connectivity index (χ1v) is 11.4. The molecule has 0 bridgehead atoms. The van der Waals surface area contributed by atoms with Crippen LogP contribution in [0.5, 0.6) is 5.88 Å². The van der Waals surface area contributed by atoms with Gasteiger partial charge >= 0.3 is 0 Å². The molecule has 11 nitrogen and oxygen atoms in total. The number of hydrogen-bond donors (Lipinski definition) is 0. The normalized spacial score (nSPS) is 11.7. The Labute approximate surface area is 206 Å². The molecule has 36 heavy (non-hydrogen) atoms. The number of hydrogen-bond acceptors (Lipinski definition) is 10. The van der Waals surface area contributed by atoms with Crippen molar-refractivity contribution in [2.75, 3.05) is 34.5 Å². The van der Waals surface area contributed by atoms with Crippen LogP contribution in [0.4, 0.5) is 0 Å². The molecule has 0 aliphatic heterocycles. The lowest BCUT2D eigenvalue weighted by Gasteiger charge is -2.15. The predicted molar refractivity (Wildman–Crippen MR) is 130 cm³/mol. The molecule has 1 aromatic carbocycles. The maximum atomic E-state index is 6.15. The smallest absolute Gasteiger partial charge is 0.240 e. The van der Waals surface area contributed by atoms with Gasteiger partial charge in [0, 0.05) is 50.3 Å². The van der Waals surface area contributed by atoms with Gasteiger partial charge in [-0.2, -0.15) is 4.52 Å². The summed E-state index contributed by atoms with van der Waals surface area (Å²) in [4.78, 5) is 4.57. The van der Waals surface area contributed by atoms with Crippen molar-refractivity contribution in [1.29, 1.82) is 0 Å². The Morgan fingerprint density at radius 1 is 0.917 bits per heavy atom. The molecular formula is C25H26N6O5. The summed E-state index contributed by atoms with van der Waals surface area (Å²) in [6, 6.07) is 13.5. The summed E-state index contributed by atoms with van der Waals surface area (Å²) in [6.45, 7) is 1.65. The molecule has 0 radical (unpaired) electrons. The van der Waals surface area contributed by atoms with Crippen LogP contribution in [0.3, 0.4) is 0 Å². The fraction of sp³-hybridized carbons (Fsp3) is 0.320. The summed E-state index contributed by atoms with van der Waals surface area (Å²) < 4.78 is 28.8. The van der Waals surface area contributed by atoms with Crippen molar-refractivity contribution in [3.63, 3.8) is 0 Å². The molecule has 186 valence electrons. The molecule has 4 aromatic heterocycles. The number of nitrogens with zero attached hydrogens (tertiary/aromatic N) is 6. The molecule has 0 saturated carbocycles. The molecule has 4 heterocycles. The van der Waals surface area contributed by atoms with E-state index in [1.165, 1.54) is 0 Å². The van der Waals surface area contributed by atoms with Crippen LogP contribution in [0.25, 0.3) is 27.9 Å². The first kappa shape index (κ1) is 23.8. The van der Waals surface area contributed by atoms with Crippen LogP contribution < -0.4 is 4.74 Å². The number of methoxy groups -OCH3 is 3. The molecule has 11 heteroatoms. The zero-order valence-electron chi connectivity index (χ0n) is 20.2. The molecular weight excluding hydrogens is 464 g/mol. The molecule has 0 aliphatic rings. The van der Waals surface area contributed by atoms with Crippen molar-refractivity contribution in [2.45, 2.75) is 19.1 Å². The van der Waals surface area contributed by atoms with Crippen molar-refractivity contribution in [1.82, 2.24) is 30.0 Å². The van der Waals surface area contributed by atoms with Crippen LogP contribution >= 0.6 is 0 Å². The van der Waals surface area contributed by atoms with Crippen molar-refractivity contribution in [2.24, 2.45) is 0 Å². The van der Waals surface area contributed by atoms with Gasteiger partial charge in [-0.15, -0.1) is 15.3 Å². The molecule has 0 fully saturated rings. The Morgan fingerprint density at radius 2 is 1.72 bits per heavy atom. The van der Waals surface area contributed by atoms with E-state index in [9.17, 15) is 0 Å². The topological polar surface area (TPSA) is 119 Å². The minimum Gasteiger partial charge on any atom is -0.470 e. The third-order valence-electron chi connectivity index (χ3n) is 5.72. The van der Waals surface area contributed by atoms with E-state index in [-0.39, 0.29) is 12.5 Å². The third kappa shape index (κ3) is 4.76. The molecule has 0 spiro atoms. The van der Waals surface area contributed by atoms with Crippen LogP contribution in [0.2, 0.25) is 0 Å². The lowest BCUT2D eigenvalue weighted by Crippen LogP contribution is -2.13. The number of ether oxygens (including phenoxy) is 4. The van der Waals surface area contributed by atoms with Gasteiger partial charge in [0.15, 0.2) is 17.1 Å². The number of pyridine rings is 1. The van der Waals surface area contributed by atoms with Crippen LogP contribution in [0, 0.1) is 0 Å². The van der Waals surface area contributed by atoms with E-state index in [0.29, 0.717) is 48.6 Å². The van der Waals surface area contributed by atoms with Gasteiger partial charge in [-0.05, 0) is 17.7 Å². The van der Waals surface area contributed by atoms with E-state index in [0.717, 1.165) is 22.0 Å². The fourth-order valence-corrected chi connectivity index (χ4v) is 3.99. The maximum absolute atomic E-state index is 6.15. The van der Waals surface area contributed by atoms with Gasteiger partial charge in [0.2, 0.25) is 11.7 Å². The van der Waals surface area contributed by atoms with Gasteiger partial charge < -0.3 is 23.5 Å². The minimum absolute atomic E-state index is 0.114. The number of benzene rings is 1. The molecule has 0 N–H and O–H groups in total. The zero-order chi connectivity index (χ0) is 24.9. The summed E-state index contributed by atoms with van der Waals surface area (Å²) in [5, 5.41) is 19.1. The predicted octanol–water partition coefficient (Wildman–Crippen LogP) is 3.43. The van der Waals surface area contributed by atoms with Crippen molar-refractivity contribution in [3.8, 4) is 17.4 Å². The molecule has 0 atom stereocenters. The third-order valence-corrected chi connectivity index (χ3v) is 5.72. The highest BCUT2D eigenvalue weighted by molar-refractivity contribution is 5.96. The minimum atomic E-state index is 0.114. The van der Waals surface area contributed by atoms with Gasteiger partial charge in [-0.1, -0.05) is 29.4 Å². The Hall–Kier alpha value is -3.93. The van der Waals surface area contributed by atoms with Crippen molar-refractivity contribution < 1.29 is 23.5 Å². The first-order chi connectivity index (χ1) is 17.7. The summed E-state index contributed by atoms with van der Waals surface area (Å²) in [5.74, 6) is 1.57. The Morgan fingerprint density at radius 3 is 2.44 bits per heavy atom. The molecule has 0 aliphatic carbocycles. The summed E-state index contributed by atoms with van der Waals surface area (Å²) in [7, 11) is 4.94. The highest BCUT2D eigenvalue weighted by Gasteiger charge is 2.19. The van der Waals surface area contributed by atoms with Crippen LogP contribution in [0.15, 0.2) is 53.2 Å². The van der Waals surface area contributed by atoms with Gasteiger partial charge in [-0.3, -0.25) is 4.98 Å². The second-order valence-corrected chi connectivity index (χ2v) is 8.20. The van der Waals surface area contributed by atoms with Crippen molar-refractivity contribution >= 4 is 16.4 Å². The lowest BCUT2D eigenvalue weighted by molar-refractivity contribution is 0.117. The monoisotopic (exact) mass is 490 g/mol. The average Bonchev–Trinajstić information content (AvgIpc) is 3.55. The molecule has 0 unspecified atom stereocenters. The largest absolute Gasteiger partial charge is 0.470 e. The zero-order valence-corrected chi connectivity index (χ0v) is 20.2. The van der Waals surface area contributed by atoms with E-state index in [2.05, 4.69) is 20.3 Å². The molecule has 0 saturated heterocycles. The van der Waals surface area contributed by atoms with E-state index < -0.39 is 0 Å².